The molecule has 0 fully saturated rings. The molecule has 0 atom stereocenters. The SMILES string of the molecule is CN(C)CCCCc1ccc(B(O)O)cc1. The average Bonchev–Trinajstić information content (AvgIpc) is 2.25. The fourth-order valence-electron chi connectivity index (χ4n) is 1.61. The molecular weight excluding hydrogens is 201 g/mol. The van der Waals surface area contributed by atoms with Crippen molar-refractivity contribution >= 4 is 12.6 Å². The molecular formula is C12H20BNO2. The highest BCUT2D eigenvalue weighted by Crippen LogP contribution is 2.04. The second kappa shape index (κ2) is 6.68. The summed E-state index contributed by atoms with van der Waals surface area (Å²) in [5.74, 6) is 0. The monoisotopic (exact) mass is 221 g/mol. The average molecular weight is 221 g/mol. The van der Waals surface area contributed by atoms with Gasteiger partial charge in [-0.3, -0.25) is 0 Å². The molecule has 0 aromatic heterocycles. The molecule has 0 aliphatic heterocycles. The Morgan fingerprint density at radius 1 is 1.06 bits per heavy atom. The third-order valence-electron chi connectivity index (χ3n) is 2.60. The van der Waals surface area contributed by atoms with E-state index >= 15 is 0 Å². The highest BCUT2D eigenvalue weighted by atomic mass is 16.4. The first-order chi connectivity index (χ1) is 7.59. The molecule has 0 unspecified atom stereocenters. The number of nitrogens with zero attached hydrogens (tertiary/aromatic N) is 1. The molecule has 0 heterocycles. The predicted octanol–water partition coefficient (Wildman–Crippen LogP) is 0.251. The van der Waals surface area contributed by atoms with Crippen molar-refractivity contribution in [2.75, 3.05) is 20.6 Å². The van der Waals surface area contributed by atoms with Gasteiger partial charge in [-0.1, -0.05) is 24.3 Å². The zero-order valence-corrected chi connectivity index (χ0v) is 10.1. The van der Waals surface area contributed by atoms with Crippen molar-refractivity contribution in [3.63, 3.8) is 0 Å². The Labute approximate surface area is 97.9 Å². The molecule has 0 aliphatic carbocycles. The molecule has 2 N–H and O–H groups in total. The minimum absolute atomic E-state index is 0.553. The number of rotatable bonds is 6. The quantitative estimate of drug-likeness (QED) is 0.534. The van der Waals surface area contributed by atoms with Crippen LogP contribution in [0, 0.1) is 0 Å². The molecule has 0 bridgehead atoms. The predicted molar refractivity (Wildman–Crippen MR) is 67.8 cm³/mol. The van der Waals surface area contributed by atoms with Crippen molar-refractivity contribution in [1.29, 1.82) is 0 Å². The van der Waals surface area contributed by atoms with Crippen LogP contribution in [0.25, 0.3) is 0 Å². The van der Waals surface area contributed by atoms with Gasteiger partial charge in [-0.15, -0.1) is 0 Å². The zero-order valence-electron chi connectivity index (χ0n) is 10.1. The third kappa shape index (κ3) is 4.79. The van der Waals surface area contributed by atoms with Crippen molar-refractivity contribution in [3.05, 3.63) is 29.8 Å². The second-order valence-electron chi connectivity index (χ2n) is 4.38. The van der Waals surface area contributed by atoms with Crippen LogP contribution < -0.4 is 5.46 Å². The number of unbranched alkanes of at least 4 members (excludes halogenated alkanes) is 1. The van der Waals surface area contributed by atoms with Gasteiger partial charge in [0.1, 0.15) is 0 Å². The van der Waals surface area contributed by atoms with E-state index in [0.717, 1.165) is 13.0 Å². The van der Waals surface area contributed by atoms with Gasteiger partial charge in [0.15, 0.2) is 0 Å². The normalized spacial score (nSPS) is 10.8. The molecule has 1 aromatic rings. The van der Waals surface area contributed by atoms with E-state index in [1.165, 1.54) is 18.4 Å². The van der Waals surface area contributed by atoms with Crippen LogP contribution in [0.2, 0.25) is 0 Å². The number of hydrogen-bond acceptors (Lipinski definition) is 3. The van der Waals surface area contributed by atoms with Crippen molar-refractivity contribution in [2.24, 2.45) is 0 Å². The van der Waals surface area contributed by atoms with E-state index < -0.39 is 7.12 Å². The lowest BCUT2D eigenvalue weighted by Crippen LogP contribution is -2.29. The summed E-state index contributed by atoms with van der Waals surface area (Å²) < 4.78 is 0. The van der Waals surface area contributed by atoms with Gasteiger partial charge in [0.05, 0.1) is 0 Å². The first-order valence-electron chi connectivity index (χ1n) is 5.69. The fraction of sp³-hybridized carbons (Fsp3) is 0.500. The Balaban J connectivity index is 2.32. The van der Waals surface area contributed by atoms with Crippen LogP contribution in [-0.2, 0) is 6.42 Å². The largest absolute Gasteiger partial charge is 0.488 e. The molecule has 4 heteroatoms. The lowest BCUT2D eigenvalue weighted by atomic mass is 9.80. The summed E-state index contributed by atoms with van der Waals surface area (Å²) in [4.78, 5) is 2.19. The molecule has 88 valence electrons. The van der Waals surface area contributed by atoms with Crippen LogP contribution in [0.4, 0.5) is 0 Å². The number of benzene rings is 1. The van der Waals surface area contributed by atoms with Gasteiger partial charge < -0.3 is 14.9 Å². The molecule has 16 heavy (non-hydrogen) atoms. The fourth-order valence-corrected chi connectivity index (χ4v) is 1.61. The molecule has 0 amide bonds. The summed E-state index contributed by atoms with van der Waals surface area (Å²) >= 11 is 0. The van der Waals surface area contributed by atoms with Gasteiger partial charge in [-0.05, 0) is 50.9 Å². The first kappa shape index (κ1) is 13.2. The van der Waals surface area contributed by atoms with Gasteiger partial charge in [-0.2, -0.15) is 0 Å². The van der Waals surface area contributed by atoms with Crippen LogP contribution >= 0.6 is 0 Å². The summed E-state index contributed by atoms with van der Waals surface area (Å²) in [6.07, 6.45) is 3.41. The summed E-state index contributed by atoms with van der Waals surface area (Å²) in [6.45, 7) is 1.12. The van der Waals surface area contributed by atoms with E-state index in [-0.39, 0.29) is 0 Å². The van der Waals surface area contributed by atoms with Gasteiger partial charge >= 0.3 is 7.12 Å². The molecule has 0 saturated carbocycles. The summed E-state index contributed by atoms with van der Waals surface area (Å²) in [7, 11) is 2.80. The summed E-state index contributed by atoms with van der Waals surface area (Å²) in [5.41, 5.74) is 1.81. The van der Waals surface area contributed by atoms with E-state index in [2.05, 4.69) is 19.0 Å². The standard InChI is InChI=1S/C12H20BNO2/c1-14(2)10-4-3-5-11-6-8-12(9-7-11)13(15)16/h6-9,15-16H,3-5,10H2,1-2H3. The first-order valence-corrected chi connectivity index (χ1v) is 5.69. The minimum Gasteiger partial charge on any atom is -0.423 e. The highest BCUT2D eigenvalue weighted by Gasteiger charge is 2.09. The van der Waals surface area contributed by atoms with E-state index in [0.29, 0.717) is 5.46 Å². The molecule has 1 rings (SSSR count). The Hall–Kier alpha value is -0.835. The van der Waals surface area contributed by atoms with Crippen molar-refractivity contribution in [1.82, 2.24) is 4.90 Å². The molecule has 0 spiro atoms. The highest BCUT2D eigenvalue weighted by molar-refractivity contribution is 6.58. The lowest BCUT2D eigenvalue weighted by molar-refractivity contribution is 0.394. The second-order valence-corrected chi connectivity index (χ2v) is 4.38. The van der Waals surface area contributed by atoms with Crippen LogP contribution in [0.5, 0.6) is 0 Å². The maximum Gasteiger partial charge on any atom is 0.488 e. The van der Waals surface area contributed by atoms with Crippen LogP contribution in [0.3, 0.4) is 0 Å². The number of hydrogen-bond donors (Lipinski definition) is 2. The van der Waals surface area contributed by atoms with E-state index in [9.17, 15) is 0 Å². The lowest BCUT2D eigenvalue weighted by Gasteiger charge is -2.08. The molecule has 0 saturated heterocycles. The van der Waals surface area contributed by atoms with E-state index in [1.807, 2.05) is 12.1 Å². The Kier molecular flexibility index (Phi) is 5.53. The molecule has 0 aliphatic rings. The Morgan fingerprint density at radius 3 is 2.19 bits per heavy atom. The zero-order chi connectivity index (χ0) is 12.0. The minimum atomic E-state index is -1.36. The van der Waals surface area contributed by atoms with Crippen LogP contribution in [0.1, 0.15) is 18.4 Å². The third-order valence-corrected chi connectivity index (χ3v) is 2.60. The summed E-state index contributed by atoms with van der Waals surface area (Å²) in [5, 5.41) is 17.9. The van der Waals surface area contributed by atoms with Crippen LogP contribution in [0.15, 0.2) is 24.3 Å². The molecule has 1 aromatic carbocycles. The Bertz CT molecular complexity index is 298. The smallest absolute Gasteiger partial charge is 0.423 e. The topological polar surface area (TPSA) is 43.7 Å². The number of aryl methyl sites for hydroxylation is 1. The van der Waals surface area contributed by atoms with Crippen molar-refractivity contribution < 1.29 is 10.0 Å². The van der Waals surface area contributed by atoms with E-state index in [1.54, 1.807) is 12.1 Å². The maximum atomic E-state index is 8.94. The van der Waals surface area contributed by atoms with Gasteiger partial charge in [0, 0.05) is 0 Å². The van der Waals surface area contributed by atoms with Crippen LogP contribution in [-0.4, -0.2) is 42.7 Å². The van der Waals surface area contributed by atoms with Gasteiger partial charge in [0.2, 0.25) is 0 Å². The molecule has 0 radical (unpaired) electrons. The molecule has 3 nitrogen and oxygen atoms in total. The van der Waals surface area contributed by atoms with Crippen molar-refractivity contribution in [3.8, 4) is 0 Å². The maximum absolute atomic E-state index is 8.94. The van der Waals surface area contributed by atoms with Gasteiger partial charge in [-0.25, -0.2) is 0 Å². The van der Waals surface area contributed by atoms with Crippen molar-refractivity contribution in [2.45, 2.75) is 19.3 Å². The van der Waals surface area contributed by atoms with Gasteiger partial charge in [0.25, 0.3) is 0 Å². The summed E-state index contributed by atoms with van der Waals surface area (Å²) in [6, 6.07) is 7.47. The Morgan fingerprint density at radius 2 is 1.69 bits per heavy atom. The van der Waals surface area contributed by atoms with E-state index in [4.69, 9.17) is 10.0 Å².